The maximum absolute atomic E-state index is 14.6. The summed E-state index contributed by atoms with van der Waals surface area (Å²) in [5.41, 5.74) is 0.629. The van der Waals surface area contributed by atoms with Gasteiger partial charge >= 0.3 is 0 Å². The monoisotopic (exact) mass is 349 g/mol. The normalized spacial score (nSPS) is 17.2. The van der Waals surface area contributed by atoms with E-state index in [4.69, 9.17) is 0 Å². The number of fused-ring (bicyclic) bond motifs is 1. The molecule has 1 fully saturated rings. The zero-order chi connectivity index (χ0) is 17.4. The SMILES string of the molecule is CC(S)n1cc(C=O)c(=O)c2cc(F)c(N3CCN(C)CC3)cc21. The number of aromatic nitrogens is 1. The molecular weight excluding hydrogens is 329 g/mol. The molecule has 128 valence electrons. The molecule has 0 spiro atoms. The number of pyridine rings is 1. The number of carbonyl (C=O) groups excluding carboxylic acids is 1. The van der Waals surface area contributed by atoms with E-state index in [1.807, 2.05) is 18.9 Å². The molecule has 0 bridgehead atoms. The summed E-state index contributed by atoms with van der Waals surface area (Å²) in [6, 6.07) is 2.93. The van der Waals surface area contributed by atoms with Crippen LogP contribution in [0.4, 0.5) is 10.1 Å². The lowest BCUT2D eigenvalue weighted by molar-refractivity contribution is 0.112. The number of anilines is 1. The molecule has 3 rings (SSSR count). The summed E-state index contributed by atoms with van der Waals surface area (Å²) in [6.45, 7) is 5.01. The highest BCUT2D eigenvalue weighted by atomic mass is 32.1. The second-order valence-electron chi connectivity index (χ2n) is 6.18. The number of thiol groups is 1. The van der Waals surface area contributed by atoms with Crippen molar-refractivity contribution in [3.8, 4) is 0 Å². The third-order valence-corrected chi connectivity index (χ3v) is 4.75. The Kier molecular flexibility index (Phi) is 4.64. The minimum Gasteiger partial charge on any atom is -0.367 e. The van der Waals surface area contributed by atoms with Gasteiger partial charge in [-0.3, -0.25) is 9.59 Å². The molecule has 0 N–H and O–H groups in total. The fourth-order valence-corrected chi connectivity index (χ4v) is 3.25. The Morgan fingerprint density at radius 2 is 1.92 bits per heavy atom. The third kappa shape index (κ3) is 2.93. The molecule has 1 aliphatic rings. The first kappa shape index (κ1) is 17.0. The van der Waals surface area contributed by atoms with Gasteiger partial charge in [0.25, 0.3) is 0 Å². The van der Waals surface area contributed by atoms with Crippen LogP contribution >= 0.6 is 12.6 Å². The lowest BCUT2D eigenvalue weighted by atomic mass is 10.1. The molecular formula is C17H20FN3O2S. The molecule has 5 nitrogen and oxygen atoms in total. The highest BCUT2D eigenvalue weighted by molar-refractivity contribution is 7.80. The Balaban J connectivity index is 2.21. The van der Waals surface area contributed by atoms with E-state index in [-0.39, 0.29) is 16.3 Å². The van der Waals surface area contributed by atoms with E-state index in [0.29, 0.717) is 17.5 Å². The quantitative estimate of drug-likeness (QED) is 0.681. The van der Waals surface area contributed by atoms with Crippen LogP contribution in [0.3, 0.4) is 0 Å². The van der Waals surface area contributed by atoms with Gasteiger partial charge in [0, 0.05) is 37.8 Å². The Bertz CT molecular complexity index is 842. The van der Waals surface area contributed by atoms with E-state index < -0.39 is 11.2 Å². The second kappa shape index (κ2) is 6.57. The number of carbonyl (C=O) groups is 1. The van der Waals surface area contributed by atoms with Crippen molar-refractivity contribution < 1.29 is 9.18 Å². The molecule has 0 amide bonds. The highest BCUT2D eigenvalue weighted by Crippen LogP contribution is 2.28. The van der Waals surface area contributed by atoms with Crippen molar-refractivity contribution >= 4 is 35.5 Å². The number of hydrogen-bond donors (Lipinski definition) is 1. The Hall–Kier alpha value is -1.86. The second-order valence-corrected chi connectivity index (χ2v) is 6.93. The van der Waals surface area contributed by atoms with Crippen molar-refractivity contribution in [2.75, 3.05) is 38.1 Å². The lowest BCUT2D eigenvalue weighted by Crippen LogP contribution is -2.44. The number of nitrogens with zero attached hydrogens (tertiary/aromatic N) is 3. The van der Waals surface area contributed by atoms with Crippen LogP contribution in [0.15, 0.2) is 23.1 Å². The van der Waals surface area contributed by atoms with E-state index in [1.54, 1.807) is 10.6 Å². The van der Waals surface area contributed by atoms with Gasteiger partial charge in [-0.2, -0.15) is 12.6 Å². The van der Waals surface area contributed by atoms with Crippen molar-refractivity contribution in [1.82, 2.24) is 9.47 Å². The number of benzene rings is 1. The Morgan fingerprint density at radius 3 is 2.50 bits per heavy atom. The van der Waals surface area contributed by atoms with E-state index in [2.05, 4.69) is 17.5 Å². The van der Waals surface area contributed by atoms with Crippen LogP contribution in [0, 0.1) is 5.82 Å². The van der Waals surface area contributed by atoms with Crippen molar-refractivity contribution in [1.29, 1.82) is 0 Å². The van der Waals surface area contributed by atoms with Crippen molar-refractivity contribution in [2.45, 2.75) is 12.3 Å². The summed E-state index contributed by atoms with van der Waals surface area (Å²) in [6.07, 6.45) is 1.99. The van der Waals surface area contributed by atoms with Gasteiger partial charge in [0.1, 0.15) is 5.82 Å². The summed E-state index contributed by atoms with van der Waals surface area (Å²) < 4.78 is 16.4. The molecule has 7 heteroatoms. The number of rotatable bonds is 3. The van der Waals surface area contributed by atoms with Crippen LogP contribution in [0.5, 0.6) is 0 Å². The van der Waals surface area contributed by atoms with Crippen molar-refractivity contribution in [3.63, 3.8) is 0 Å². The largest absolute Gasteiger partial charge is 0.367 e. The maximum Gasteiger partial charge on any atom is 0.199 e. The third-order valence-electron chi connectivity index (χ3n) is 4.50. The number of likely N-dealkylation sites (N-methyl/N-ethyl adjacent to an activating group) is 1. The average molecular weight is 349 g/mol. The molecule has 0 radical (unpaired) electrons. The zero-order valence-electron chi connectivity index (χ0n) is 13.7. The summed E-state index contributed by atoms with van der Waals surface area (Å²) in [5.74, 6) is -0.439. The molecule has 0 aliphatic carbocycles. The summed E-state index contributed by atoms with van der Waals surface area (Å²) >= 11 is 4.41. The standard InChI is InChI=1S/C17H20FN3O2S/c1-11(24)21-9-12(10-22)17(23)13-7-14(18)16(8-15(13)21)20-5-3-19(2)4-6-20/h7-11,24H,3-6H2,1-2H3. The zero-order valence-corrected chi connectivity index (χ0v) is 14.6. The molecule has 0 saturated carbocycles. The van der Waals surface area contributed by atoms with Crippen LogP contribution < -0.4 is 10.3 Å². The van der Waals surface area contributed by atoms with Crippen LogP contribution in [-0.4, -0.2) is 49.0 Å². The fraction of sp³-hybridized carbons (Fsp3) is 0.412. The molecule has 1 unspecified atom stereocenters. The van der Waals surface area contributed by atoms with Crippen LogP contribution in [-0.2, 0) is 0 Å². The molecule has 2 aromatic rings. The van der Waals surface area contributed by atoms with Gasteiger partial charge < -0.3 is 14.4 Å². The molecule has 2 heterocycles. The Morgan fingerprint density at radius 1 is 1.25 bits per heavy atom. The summed E-state index contributed by atoms with van der Waals surface area (Å²) in [7, 11) is 2.04. The first-order chi connectivity index (χ1) is 11.4. The van der Waals surface area contributed by atoms with Gasteiger partial charge in [-0.25, -0.2) is 4.39 Å². The first-order valence-electron chi connectivity index (χ1n) is 7.87. The molecule has 1 aromatic carbocycles. The number of halogens is 1. The van der Waals surface area contributed by atoms with Crippen LogP contribution in [0.1, 0.15) is 22.7 Å². The fourth-order valence-electron chi connectivity index (χ4n) is 3.06. The van der Waals surface area contributed by atoms with Gasteiger partial charge in [-0.15, -0.1) is 0 Å². The van der Waals surface area contributed by atoms with Gasteiger partial charge in [-0.05, 0) is 26.1 Å². The van der Waals surface area contributed by atoms with E-state index in [0.717, 1.165) is 26.2 Å². The minimum absolute atomic E-state index is 0.00940. The molecule has 1 aliphatic heterocycles. The molecule has 24 heavy (non-hydrogen) atoms. The van der Waals surface area contributed by atoms with Crippen molar-refractivity contribution in [2.24, 2.45) is 0 Å². The predicted octanol–water partition coefficient (Wildman–Crippen LogP) is 2.15. The first-order valence-corrected chi connectivity index (χ1v) is 8.39. The summed E-state index contributed by atoms with van der Waals surface area (Å²) in [5, 5.41) is -0.0477. The maximum atomic E-state index is 14.6. The molecule has 1 atom stereocenters. The average Bonchev–Trinajstić information content (AvgIpc) is 2.56. The van der Waals surface area contributed by atoms with Gasteiger partial charge in [-0.1, -0.05) is 0 Å². The smallest absolute Gasteiger partial charge is 0.199 e. The van der Waals surface area contributed by atoms with E-state index >= 15 is 0 Å². The van der Waals surface area contributed by atoms with E-state index in [9.17, 15) is 14.0 Å². The highest BCUT2D eigenvalue weighted by Gasteiger charge is 2.20. The topological polar surface area (TPSA) is 45.6 Å². The number of aldehydes is 1. The Labute approximate surface area is 145 Å². The van der Waals surface area contributed by atoms with Gasteiger partial charge in [0.2, 0.25) is 0 Å². The molecule has 1 aromatic heterocycles. The minimum atomic E-state index is -0.450. The van der Waals surface area contributed by atoms with Crippen molar-refractivity contribution in [3.05, 3.63) is 39.9 Å². The lowest BCUT2D eigenvalue weighted by Gasteiger charge is -2.34. The predicted molar refractivity (Wildman–Crippen MR) is 97.0 cm³/mol. The van der Waals surface area contributed by atoms with Crippen LogP contribution in [0.25, 0.3) is 10.9 Å². The van der Waals surface area contributed by atoms with Gasteiger partial charge in [0.15, 0.2) is 11.7 Å². The summed E-state index contributed by atoms with van der Waals surface area (Å²) in [4.78, 5) is 27.7. The van der Waals surface area contributed by atoms with E-state index in [1.165, 1.54) is 12.3 Å². The molecule has 1 saturated heterocycles. The number of hydrogen-bond acceptors (Lipinski definition) is 5. The van der Waals surface area contributed by atoms with Crippen LogP contribution in [0.2, 0.25) is 0 Å². The number of piperazine rings is 1. The van der Waals surface area contributed by atoms with Gasteiger partial charge in [0.05, 0.1) is 22.1 Å².